The highest BCUT2D eigenvalue weighted by molar-refractivity contribution is 7.87. The molecule has 1 atom stereocenters. The summed E-state index contributed by atoms with van der Waals surface area (Å²) in [7, 11) is -5.90. The number of fused-ring (bicyclic) bond motifs is 1. The number of carbonyl (C=O) groups is 1. The molecule has 0 N–H and O–H groups in total. The molecule has 0 amide bonds. The second kappa shape index (κ2) is 12.3. The molecule has 1 heterocycles. The Kier molecular flexibility index (Phi) is 9.74. The first-order valence-electron chi connectivity index (χ1n) is 12.6. The maximum absolute atomic E-state index is 12.9. The number of hydrogen-bond donors (Lipinski definition) is 0. The number of hydrogen-bond acceptors (Lipinski definition) is 7. The summed E-state index contributed by atoms with van der Waals surface area (Å²) in [5.74, 6) is -1.16. The second-order valence-electron chi connectivity index (χ2n) is 10.3. The minimum atomic E-state index is -5.90. The van der Waals surface area contributed by atoms with Gasteiger partial charge in [0.05, 0.1) is 17.5 Å². The van der Waals surface area contributed by atoms with E-state index >= 15 is 0 Å². The molecule has 0 aliphatic heterocycles. The van der Waals surface area contributed by atoms with Crippen LogP contribution in [0.1, 0.15) is 51.7 Å². The van der Waals surface area contributed by atoms with Crippen molar-refractivity contribution in [2.24, 2.45) is 5.41 Å². The molecule has 1 unspecified atom stereocenters. The van der Waals surface area contributed by atoms with Gasteiger partial charge in [0, 0.05) is 22.9 Å². The maximum Gasteiger partial charge on any atom is 0.534 e. The van der Waals surface area contributed by atoms with Gasteiger partial charge in [-0.05, 0) is 80.6 Å². The Hall–Kier alpha value is -2.89. The zero-order chi connectivity index (χ0) is 29.9. The Morgan fingerprint density at radius 3 is 2.30 bits per heavy atom. The van der Waals surface area contributed by atoms with E-state index in [0.717, 1.165) is 24.5 Å². The zero-order valence-corrected chi connectivity index (χ0v) is 24.3. The van der Waals surface area contributed by atoms with Crippen molar-refractivity contribution in [2.45, 2.75) is 65.7 Å². The number of esters is 1. The highest BCUT2D eigenvalue weighted by Gasteiger charge is 2.48. The summed E-state index contributed by atoms with van der Waals surface area (Å²) in [5.41, 5.74) is -3.39. The lowest BCUT2D eigenvalue weighted by molar-refractivity contribution is -0.187. The average Bonchev–Trinajstić information content (AvgIpc) is 2.83. The number of benzene rings is 2. The second-order valence-corrected chi connectivity index (χ2v) is 12.2. The largest absolute Gasteiger partial charge is 0.534 e. The zero-order valence-electron chi connectivity index (χ0n) is 22.8. The van der Waals surface area contributed by atoms with Gasteiger partial charge >= 0.3 is 21.6 Å². The number of alkyl halides is 3. The summed E-state index contributed by atoms with van der Waals surface area (Å²) >= 11 is 6.11. The molecule has 0 spiro atoms. The Balaban J connectivity index is 2.16. The van der Waals surface area contributed by atoms with Crippen molar-refractivity contribution in [1.29, 1.82) is 0 Å². The number of ether oxygens (including phenoxy) is 2. The smallest absolute Gasteiger partial charge is 0.435 e. The predicted molar refractivity (Wildman–Crippen MR) is 146 cm³/mol. The summed E-state index contributed by atoms with van der Waals surface area (Å²) in [4.78, 5) is 16.8. The first kappa shape index (κ1) is 31.6. The predicted octanol–water partition coefficient (Wildman–Crippen LogP) is 7.37. The van der Waals surface area contributed by atoms with Crippen LogP contribution in [0.15, 0.2) is 42.5 Å². The molecule has 0 aliphatic rings. The summed E-state index contributed by atoms with van der Waals surface area (Å²) in [5, 5.41) is 1.00. The maximum atomic E-state index is 12.9. The highest BCUT2D eigenvalue weighted by atomic mass is 35.5. The van der Waals surface area contributed by atoms with E-state index in [-0.39, 0.29) is 11.9 Å². The van der Waals surface area contributed by atoms with Gasteiger partial charge < -0.3 is 13.7 Å². The SMILES string of the molecule is CCCCOC(Cc1c(C)cc2nc(OS(=O)(=O)C(F)(F)F)ccc2c1-c1ccc(Cl)cc1)OC(=O)C(C)(C)C. The number of nitrogens with zero attached hydrogens (tertiary/aromatic N) is 1. The van der Waals surface area contributed by atoms with E-state index < -0.39 is 39.2 Å². The van der Waals surface area contributed by atoms with Gasteiger partial charge in [-0.25, -0.2) is 4.98 Å². The lowest BCUT2D eigenvalue weighted by atomic mass is 9.90. The number of rotatable bonds is 10. The van der Waals surface area contributed by atoms with Crippen molar-refractivity contribution >= 4 is 38.6 Å². The number of aryl methyl sites for hydroxylation is 1. The topological polar surface area (TPSA) is 91.8 Å². The third kappa shape index (κ3) is 7.64. The summed E-state index contributed by atoms with van der Waals surface area (Å²) in [6, 6.07) is 11.0. The molecule has 0 aliphatic carbocycles. The van der Waals surface area contributed by atoms with E-state index in [0.29, 0.717) is 33.7 Å². The van der Waals surface area contributed by atoms with E-state index in [2.05, 4.69) is 9.17 Å². The van der Waals surface area contributed by atoms with Crippen LogP contribution in [0.3, 0.4) is 0 Å². The lowest BCUT2D eigenvalue weighted by Gasteiger charge is -2.25. The van der Waals surface area contributed by atoms with Gasteiger partial charge in [0.1, 0.15) is 0 Å². The Morgan fingerprint density at radius 1 is 1.07 bits per heavy atom. The molecule has 3 aromatic rings. The summed E-state index contributed by atoms with van der Waals surface area (Å²) in [6.07, 6.45) is 0.905. The number of aromatic nitrogens is 1. The fraction of sp³-hybridized carbons (Fsp3) is 0.429. The molecule has 0 fully saturated rings. The van der Waals surface area contributed by atoms with Gasteiger partial charge in [-0.15, -0.1) is 0 Å². The Labute approximate surface area is 236 Å². The number of unbranched alkanes of at least 4 members (excludes halogenated alkanes) is 1. The van der Waals surface area contributed by atoms with Crippen LogP contribution >= 0.6 is 11.6 Å². The average molecular weight is 602 g/mol. The van der Waals surface area contributed by atoms with Gasteiger partial charge in [0.2, 0.25) is 12.2 Å². The lowest BCUT2D eigenvalue weighted by Crippen LogP contribution is -2.31. The number of carbonyl (C=O) groups excluding carboxylic acids is 1. The fourth-order valence-electron chi connectivity index (χ4n) is 3.80. The van der Waals surface area contributed by atoms with Crippen LogP contribution in [0.25, 0.3) is 22.0 Å². The van der Waals surface area contributed by atoms with Crippen molar-refractivity contribution in [3.8, 4) is 17.0 Å². The van der Waals surface area contributed by atoms with Gasteiger partial charge in [0.25, 0.3) is 0 Å². The molecule has 1 aromatic heterocycles. The van der Waals surface area contributed by atoms with Crippen molar-refractivity contribution in [1.82, 2.24) is 4.98 Å². The third-order valence-electron chi connectivity index (χ3n) is 5.93. The van der Waals surface area contributed by atoms with Gasteiger partial charge in [0.15, 0.2) is 0 Å². The van der Waals surface area contributed by atoms with Crippen molar-refractivity contribution in [3.63, 3.8) is 0 Å². The van der Waals surface area contributed by atoms with E-state index in [9.17, 15) is 26.4 Å². The molecule has 7 nitrogen and oxygen atoms in total. The van der Waals surface area contributed by atoms with E-state index in [1.807, 2.05) is 6.92 Å². The molecule has 40 heavy (non-hydrogen) atoms. The summed E-state index contributed by atoms with van der Waals surface area (Å²) in [6.45, 7) is 9.37. The first-order chi connectivity index (χ1) is 18.5. The molecule has 3 rings (SSSR count). The monoisotopic (exact) mass is 601 g/mol. The van der Waals surface area contributed by atoms with Crippen LogP contribution in [0, 0.1) is 12.3 Å². The number of pyridine rings is 1. The molecule has 0 saturated carbocycles. The molecule has 0 saturated heterocycles. The standard InChI is InChI=1S/C28H31ClF3NO6S/c1-6-7-14-37-24(38-26(34)27(3,4)5)16-21-17(2)15-22-20(25(21)18-8-10-19(29)11-9-18)12-13-23(33-22)39-40(35,36)28(30,31)32/h8-13,15,24H,6-7,14,16H2,1-5H3. The minimum absolute atomic E-state index is 0.173. The molecule has 0 radical (unpaired) electrons. The van der Waals surface area contributed by atoms with E-state index in [1.165, 1.54) is 6.07 Å². The van der Waals surface area contributed by atoms with Crippen LogP contribution in [0.5, 0.6) is 5.88 Å². The van der Waals surface area contributed by atoms with E-state index in [1.54, 1.807) is 58.0 Å². The van der Waals surface area contributed by atoms with Crippen molar-refractivity contribution < 1.29 is 40.0 Å². The van der Waals surface area contributed by atoms with Crippen LogP contribution in [-0.4, -0.2) is 37.8 Å². The van der Waals surface area contributed by atoms with Crippen LogP contribution in [0.4, 0.5) is 13.2 Å². The molecular formula is C28H31ClF3NO6S. The summed E-state index contributed by atoms with van der Waals surface area (Å²) < 4.78 is 77.6. The first-order valence-corrected chi connectivity index (χ1v) is 14.3. The molecular weight excluding hydrogens is 571 g/mol. The van der Waals surface area contributed by atoms with Gasteiger partial charge in [-0.1, -0.05) is 37.1 Å². The highest BCUT2D eigenvalue weighted by Crippen LogP contribution is 2.37. The van der Waals surface area contributed by atoms with Crippen LogP contribution < -0.4 is 4.18 Å². The minimum Gasteiger partial charge on any atom is -0.435 e. The van der Waals surface area contributed by atoms with Crippen LogP contribution in [0.2, 0.25) is 5.02 Å². The van der Waals surface area contributed by atoms with E-state index in [4.69, 9.17) is 21.1 Å². The third-order valence-corrected chi connectivity index (χ3v) is 7.14. The van der Waals surface area contributed by atoms with Crippen LogP contribution in [-0.2, 0) is 30.8 Å². The number of halogens is 4. The Morgan fingerprint density at radius 2 is 1.73 bits per heavy atom. The molecule has 218 valence electrons. The molecule has 12 heteroatoms. The van der Waals surface area contributed by atoms with Crippen molar-refractivity contribution in [3.05, 3.63) is 58.6 Å². The fourth-order valence-corrected chi connectivity index (χ4v) is 4.34. The molecule has 0 bridgehead atoms. The normalized spacial score (nSPS) is 13.3. The Bertz CT molecular complexity index is 1470. The van der Waals surface area contributed by atoms with Crippen molar-refractivity contribution in [2.75, 3.05) is 6.61 Å². The molecule has 2 aromatic carbocycles. The quantitative estimate of drug-likeness (QED) is 0.0788. The van der Waals surface area contributed by atoms with Gasteiger partial charge in [-0.2, -0.15) is 21.6 Å². The van der Waals surface area contributed by atoms with Gasteiger partial charge in [-0.3, -0.25) is 4.79 Å².